The normalized spacial score (nSPS) is 21.3. The van der Waals surface area contributed by atoms with Crippen LogP contribution >= 0.6 is 0 Å². The highest BCUT2D eigenvalue weighted by molar-refractivity contribution is 5.92. The summed E-state index contributed by atoms with van der Waals surface area (Å²) in [5.41, 5.74) is 8.22. The molecule has 2 aliphatic rings. The van der Waals surface area contributed by atoms with E-state index in [9.17, 15) is 0 Å². The van der Waals surface area contributed by atoms with Gasteiger partial charge in [0.05, 0.1) is 25.9 Å². The molecule has 0 aromatic heterocycles. The Hall–Kier alpha value is -2.89. The third-order valence-electron chi connectivity index (χ3n) is 4.70. The van der Waals surface area contributed by atoms with Crippen LogP contribution in [0.2, 0.25) is 0 Å². The van der Waals surface area contributed by atoms with Gasteiger partial charge in [-0.15, -0.1) is 0 Å². The molecule has 4 rings (SSSR count). The number of fused-ring (bicyclic) bond motifs is 1. The van der Waals surface area contributed by atoms with Crippen LogP contribution < -0.4 is 25.3 Å². The first-order valence-corrected chi connectivity index (χ1v) is 9.45. The van der Waals surface area contributed by atoms with Crippen LogP contribution in [0.3, 0.4) is 0 Å². The molecule has 142 valence electrons. The van der Waals surface area contributed by atoms with Crippen LogP contribution in [0.15, 0.2) is 47.5 Å². The van der Waals surface area contributed by atoms with Gasteiger partial charge in [0.25, 0.3) is 0 Å². The number of anilines is 1. The van der Waals surface area contributed by atoms with Crippen LogP contribution in [-0.2, 0) is 0 Å². The quantitative estimate of drug-likeness (QED) is 0.624. The number of hydrogen-bond donors (Lipinski definition) is 2. The highest BCUT2D eigenvalue weighted by Crippen LogP contribution is 2.44. The summed E-state index contributed by atoms with van der Waals surface area (Å²) in [6, 6.07) is 14.2. The second-order valence-electron chi connectivity index (χ2n) is 6.76. The number of guanidine groups is 1. The van der Waals surface area contributed by atoms with E-state index < -0.39 is 0 Å². The fourth-order valence-electron chi connectivity index (χ4n) is 3.26. The molecule has 1 aliphatic carbocycles. The summed E-state index contributed by atoms with van der Waals surface area (Å²) < 4.78 is 16.8. The summed E-state index contributed by atoms with van der Waals surface area (Å²) in [5.74, 6) is 3.25. The van der Waals surface area contributed by atoms with Gasteiger partial charge in [-0.3, -0.25) is 0 Å². The van der Waals surface area contributed by atoms with Crippen LogP contribution in [0.4, 0.5) is 5.69 Å². The SMILES string of the molecule is CCOc1ccc([C@@H]2C[C@H]2N=C(N)Nc2ccc3c(c2)OCCCO3)cc1. The van der Waals surface area contributed by atoms with E-state index in [1.165, 1.54) is 5.56 Å². The van der Waals surface area contributed by atoms with E-state index in [0.29, 0.717) is 31.7 Å². The lowest BCUT2D eigenvalue weighted by Crippen LogP contribution is -2.23. The van der Waals surface area contributed by atoms with Crippen molar-refractivity contribution in [3.8, 4) is 17.2 Å². The molecule has 0 radical (unpaired) electrons. The highest BCUT2D eigenvalue weighted by Gasteiger charge is 2.38. The van der Waals surface area contributed by atoms with E-state index in [4.69, 9.17) is 19.9 Å². The molecule has 0 unspecified atom stereocenters. The van der Waals surface area contributed by atoms with E-state index in [1.807, 2.05) is 37.3 Å². The minimum atomic E-state index is 0.218. The van der Waals surface area contributed by atoms with Gasteiger partial charge >= 0.3 is 0 Å². The van der Waals surface area contributed by atoms with Gasteiger partial charge in [-0.2, -0.15) is 0 Å². The van der Waals surface area contributed by atoms with Crippen LogP contribution in [0.25, 0.3) is 0 Å². The Morgan fingerprint density at radius 1 is 1.15 bits per heavy atom. The first-order valence-electron chi connectivity index (χ1n) is 9.45. The molecule has 0 amide bonds. The van der Waals surface area contributed by atoms with Gasteiger partial charge in [0.15, 0.2) is 17.5 Å². The fourth-order valence-corrected chi connectivity index (χ4v) is 3.26. The smallest absolute Gasteiger partial charge is 0.193 e. The molecule has 27 heavy (non-hydrogen) atoms. The molecule has 0 saturated heterocycles. The van der Waals surface area contributed by atoms with Crippen LogP contribution in [0.1, 0.15) is 31.2 Å². The van der Waals surface area contributed by atoms with Crippen molar-refractivity contribution in [2.75, 3.05) is 25.1 Å². The first-order chi connectivity index (χ1) is 13.2. The van der Waals surface area contributed by atoms with E-state index >= 15 is 0 Å². The monoisotopic (exact) mass is 367 g/mol. The number of ether oxygens (including phenoxy) is 3. The van der Waals surface area contributed by atoms with Gasteiger partial charge < -0.3 is 25.3 Å². The Bertz CT molecular complexity index is 820. The van der Waals surface area contributed by atoms with Crippen molar-refractivity contribution < 1.29 is 14.2 Å². The van der Waals surface area contributed by atoms with Gasteiger partial charge in [0.1, 0.15) is 5.75 Å². The fraction of sp³-hybridized carbons (Fsp3) is 0.381. The van der Waals surface area contributed by atoms with Crippen LogP contribution in [0.5, 0.6) is 17.2 Å². The average Bonchev–Trinajstić information content (AvgIpc) is 3.45. The minimum Gasteiger partial charge on any atom is -0.494 e. The minimum absolute atomic E-state index is 0.218. The van der Waals surface area contributed by atoms with Crippen molar-refractivity contribution in [2.45, 2.75) is 31.7 Å². The molecular formula is C21H25N3O3. The largest absolute Gasteiger partial charge is 0.494 e. The molecule has 2 aromatic rings. The molecule has 0 spiro atoms. The van der Waals surface area contributed by atoms with Crippen molar-refractivity contribution in [2.24, 2.45) is 10.7 Å². The first kappa shape index (κ1) is 17.5. The van der Waals surface area contributed by atoms with Crippen molar-refractivity contribution >= 4 is 11.6 Å². The zero-order valence-electron chi connectivity index (χ0n) is 15.5. The number of hydrogen-bond acceptors (Lipinski definition) is 4. The van der Waals surface area contributed by atoms with E-state index in [2.05, 4.69) is 22.4 Å². The number of aliphatic imine (C=N–C) groups is 1. The number of nitrogens with zero attached hydrogens (tertiary/aromatic N) is 1. The summed E-state index contributed by atoms with van der Waals surface area (Å²) in [6.45, 7) is 4.00. The number of nitrogens with one attached hydrogen (secondary N) is 1. The Balaban J connectivity index is 1.37. The highest BCUT2D eigenvalue weighted by atomic mass is 16.5. The zero-order valence-corrected chi connectivity index (χ0v) is 15.5. The molecule has 0 bridgehead atoms. The third kappa shape index (κ3) is 4.27. The molecule has 1 heterocycles. The summed E-state index contributed by atoms with van der Waals surface area (Å²) in [6.07, 6.45) is 1.90. The van der Waals surface area contributed by atoms with Gasteiger partial charge in [0.2, 0.25) is 0 Å². The number of benzene rings is 2. The lowest BCUT2D eigenvalue weighted by Gasteiger charge is -2.10. The molecule has 2 atom stereocenters. The van der Waals surface area contributed by atoms with E-state index in [0.717, 1.165) is 35.8 Å². The maximum Gasteiger partial charge on any atom is 0.193 e. The van der Waals surface area contributed by atoms with Crippen molar-refractivity contribution in [1.82, 2.24) is 0 Å². The van der Waals surface area contributed by atoms with E-state index in [-0.39, 0.29) is 6.04 Å². The van der Waals surface area contributed by atoms with Crippen molar-refractivity contribution in [3.05, 3.63) is 48.0 Å². The molecule has 1 aliphatic heterocycles. The lowest BCUT2D eigenvalue weighted by atomic mass is 10.1. The number of rotatable bonds is 5. The third-order valence-corrected chi connectivity index (χ3v) is 4.70. The van der Waals surface area contributed by atoms with Gasteiger partial charge in [0, 0.05) is 24.1 Å². The lowest BCUT2D eigenvalue weighted by molar-refractivity contribution is 0.297. The maximum absolute atomic E-state index is 6.10. The van der Waals surface area contributed by atoms with E-state index in [1.54, 1.807) is 0 Å². The second-order valence-corrected chi connectivity index (χ2v) is 6.76. The number of nitrogens with two attached hydrogens (primary N) is 1. The summed E-state index contributed by atoms with van der Waals surface area (Å²) in [7, 11) is 0. The molecule has 1 fully saturated rings. The van der Waals surface area contributed by atoms with Crippen LogP contribution in [0, 0.1) is 0 Å². The Labute approximate surface area is 159 Å². The molecular weight excluding hydrogens is 342 g/mol. The van der Waals surface area contributed by atoms with Crippen molar-refractivity contribution in [1.29, 1.82) is 0 Å². The molecule has 6 nitrogen and oxygen atoms in total. The Morgan fingerprint density at radius 2 is 1.93 bits per heavy atom. The van der Waals surface area contributed by atoms with Gasteiger partial charge in [-0.1, -0.05) is 12.1 Å². The average molecular weight is 367 g/mol. The molecule has 6 heteroatoms. The summed E-state index contributed by atoms with van der Waals surface area (Å²) in [5, 5.41) is 3.15. The Morgan fingerprint density at radius 3 is 2.70 bits per heavy atom. The molecule has 2 aromatic carbocycles. The zero-order chi connectivity index (χ0) is 18.6. The second kappa shape index (κ2) is 7.78. The van der Waals surface area contributed by atoms with Gasteiger partial charge in [-0.05, 0) is 43.2 Å². The Kier molecular flexibility index (Phi) is 5.05. The topological polar surface area (TPSA) is 78.1 Å². The summed E-state index contributed by atoms with van der Waals surface area (Å²) >= 11 is 0. The summed E-state index contributed by atoms with van der Waals surface area (Å²) in [4.78, 5) is 4.61. The standard InChI is InChI=1S/C21H25N3O3/c1-2-25-16-7-4-14(5-8-16)17-13-18(17)24-21(22)23-15-6-9-19-20(12-15)27-11-3-10-26-19/h4-9,12,17-18H,2-3,10-11,13H2,1H3,(H3,22,23,24)/t17-,18+/m0/s1. The van der Waals surface area contributed by atoms with Crippen LogP contribution in [-0.4, -0.2) is 31.8 Å². The molecule has 3 N–H and O–H groups in total. The van der Waals surface area contributed by atoms with Crippen molar-refractivity contribution in [3.63, 3.8) is 0 Å². The predicted molar refractivity (Wildman–Crippen MR) is 106 cm³/mol. The van der Waals surface area contributed by atoms with Gasteiger partial charge in [-0.25, -0.2) is 4.99 Å². The molecule has 1 saturated carbocycles. The maximum atomic E-state index is 6.10. The predicted octanol–water partition coefficient (Wildman–Crippen LogP) is 3.53.